The molecule has 0 saturated carbocycles. The quantitative estimate of drug-likeness (QED) is 0.912. The molecule has 0 aliphatic rings. The first kappa shape index (κ1) is 16.5. The van der Waals surface area contributed by atoms with E-state index in [1.807, 2.05) is 0 Å². The van der Waals surface area contributed by atoms with Crippen LogP contribution in [0.4, 0.5) is 0 Å². The molecule has 0 aromatic heterocycles. The zero-order valence-electron chi connectivity index (χ0n) is 11.2. The van der Waals surface area contributed by atoms with E-state index in [1.165, 1.54) is 12.1 Å². The highest BCUT2D eigenvalue weighted by Crippen LogP contribution is 2.24. The lowest BCUT2D eigenvalue weighted by Crippen LogP contribution is -2.28. The van der Waals surface area contributed by atoms with Crippen molar-refractivity contribution >= 4 is 38.9 Å². The van der Waals surface area contributed by atoms with Gasteiger partial charge in [-0.3, -0.25) is 4.79 Å². The summed E-state index contributed by atoms with van der Waals surface area (Å²) < 4.78 is 24.5. The molecule has 7 heteroatoms. The normalized spacial score (nSPS) is 10.8. The van der Waals surface area contributed by atoms with Crippen LogP contribution in [0, 0.1) is 0 Å². The van der Waals surface area contributed by atoms with Crippen LogP contribution in [0.2, 0.25) is 0 Å². The van der Waals surface area contributed by atoms with Gasteiger partial charge in [0.1, 0.15) is 4.49 Å². The summed E-state index contributed by atoms with van der Waals surface area (Å²) in [7, 11) is -4.02. The van der Waals surface area contributed by atoms with E-state index in [1.54, 1.807) is 48.5 Å². The van der Waals surface area contributed by atoms with Gasteiger partial charge in [-0.1, -0.05) is 59.6 Å². The summed E-state index contributed by atoms with van der Waals surface area (Å²) >= 11 is 11.3. The highest BCUT2D eigenvalue weighted by atomic mass is 35.5. The fourth-order valence-corrected chi connectivity index (χ4v) is 3.58. The van der Waals surface area contributed by atoms with Crippen molar-refractivity contribution in [2.45, 2.75) is 4.90 Å². The predicted octanol–water partition coefficient (Wildman–Crippen LogP) is 3.49. The minimum Gasteiger partial charge on any atom is -0.310 e. The lowest BCUT2D eigenvalue weighted by molar-refractivity contribution is 0.0968. The highest BCUT2D eigenvalue weighted by Gasteiger charge is 2.25. The van der Waals surface area contributed by atoms with Gasteiger partial charge in [-0.15, -0.1) is 0 Å². The fraction of sp³-hybridized carbons (Fsp3) is 0. The summed E-state index contributed by atoms with van der Waals surface area (Å²) in [6, 6.07) is 15.7. The number of nitrogens with one attached hydrogen (secondary N) is 1. The molecule has 0 aliphatic carbocycles. The van der Waals surface area contributed by atoms with Gasteiger partial charge in [0.05, 0.1) is 4.90 Å². The first-order valence-corrected chi connectivity index (χ1v) is 8.38. The Bertz CT molecular complexity index is 799. The average Bonchev–Trinajstić information content (AvgIpc) is 2.53. The van der Waals surface area contributed by atoms with Crippen LogP contribution >= 0.6 is 23.2 Å². The maximum Gasteiger partial charge on any atom is 0.256 e. The topological polar surface area (TPSA) is 63.2 Å². The Kier molecular flexibility index (Phi) is 5.24. The molecule has 0 unspecified atom stereocenters. The van der Waals surface area contributed by atoms with Crippen molar-refractivity contribution in [2.75, 3.05) is 0 Å². The molecule has 0 heterocycles. The van der Waals surface area contributed by atoms with Crippen molar-refractivity contribution in [2.24, 2.45) is 0 Å². The first-order valence-electron chi connectivity index (χ1n) is 6.15. The fourth-order valence-electron chi connectivity index (χ4n) is 1.70. The van der Waals surface area contributed by atoms with Crippen LogP contribution < -0.4 is 5.32 Å². The molecule has 0 aliphatic heterocycles. The van der Waals surface area contributed by atoms with Gasteiger partial charge >= 0.3 is 0 Å². The van der Waals surface area contributed by atoms with Crippen LogP contribution in [0.1, 0.15) is 10.4 Å². The van der Waals surface area contributed by atoms with Gasteiger partial charge in [-0.2, -0.15) is 0 Å². The summed E-state index contributed by atoms with van der Waals surface area (Å²) in [5.74, 6) is -0.617. The van der Waals surface area contributed by atoms with Gasteiger partial charge < -0.3 is 5.32 Å². The summed E-state index contributed by atoms with van der Waals surface area (Å²) in [4.78, 5) is 12.1. The molecule has 22 heavy (non-hydrogen) atoms. The lowest BCUT2D eigenvalue weighted by Gasteiger charge is -2.11. The molecule has 114 valence electrons. The van der Waals surface area contributed by atoms with E-state index in [9.17, 15) is 13.2 Å². The van der Waals surface area contributed by atoms with Gasteiger partial charge in [-0.05, 0) is 24.3 Å². The van der Waals surface area contributed by atoms with Gasteiger partial charge in [-0.25, -0.2) is 8.42 Å². The molecule has 0 radical (unpaired) electrons. The Morgan fingerprint density at radius 1 is 0.864 bits per heavy atom. The van der Waals surface area contributed by atoms with Crippen LogP contribution in [0.3, 0.4) is 0 Å². The smallest absolute Gasteiger partial charge is 0.256 e. The van der Waals surface area contributed by atoms with E-state index < -0.39 is 25.3 Å². The molecule has 0 saturated heterocycles. The van der Waals surface area contributed by atoms with Crippen molar-refractivity contribution in [3.63, 3.8) is 0 Å². The van der Waals surface area contributed by atoms with Crippen molar-refractivity contribution in [1.29, 1.82) is 0 Å². The number of carbonyl (C=O) groups is 1. The largest absolute Gasteiger partial charge is 0.310 e. The lowest BCUT2D eigenvalue weighted by atomic mass is 10.2. The summed E-state index contributed by atoms with van der Waals surface area (Å²) in [5.41, 5.74) is 0.290. The van der Waals surface area contributed by atoms with Crippen molar-refractivity contribution in [3.05, 3.63) is 75.7 Å². The molecule has 0 atom stereocenters. The van der Waals surface area contributed by atoms with Gasteiger partial charge in [0, 0.05) is 5.56 Å². The second-order valence-corrected chi connectivity index (χ2v) is 7.06. The number of sulfone groups is 1. The second kappa shape index (κ2) is 6.96. The summed E-state index contributed by atoms with van der Waals surface area (Å²) in [5, 5.41) is 1.71. The van der Waals surface area contributed by atoms with E-state index in [4.69, 9.17) is 23.2 Å². The molecule has 0 fully saturated rings. The maximum absolute atomic E-state index is 12.5. The number of benzene rings is 2. The zero-order chi connectivity index (χ0) is 16.2. The molecule has 2 aromatic rings. The molecule has 4 nitrogen and oxygen atoms in total. The number of carbonyl (C=O) groups excluding carboxylic acids is 1. The monoisotopic (exact) mass is 355 g/mol. The first-order chi connectivity index (χ1) is 10.4. The summed E-state index contributed by atoms with van der Waals surface area (Å²) in [6.45, 7) is 0. The molecule has 1 amide bonds. The predicted molar refractivity (Wildman–Crippen MR) is 86.3 cm³/mol. The van der Waals surface area contributed by atoms with E-state index >= 15 is 0 Å². The van der Waals surface area contributed by atoms with Crippen LogP contribution in [-0.2, 0) is 9.84 Å². The van der Waals surface area contributed by atoms with E-state index in [0.29, 0.717) is 0 Å². The number of hydrogen-bond donors (Lipinski definition) is 1. The molecule has 0 bridgehead atoms. The molecule has 1 N–H and O–H groups in total. The molecule has 0 spiro atoms. The number of hydrogen-bond acceptors (Lipinski definition) is 3. The number of halogens is 2. The zero-order valence-corrected chi connectivity index (χ0v) is 13.5. The Morgan fingerprint density at radius 3 is 1.86 bits per heavy atom. The van der Waals surface area contributed by atoms with Gasteiger partial charge in [0.15, 0.2) is 5.03 Å². The standard InChI is InChI=1S/C15H11Cl2NO3S/c16-13(17)15(18-14(19)11-7-3-1-4-8-11)22(20,21)12-9-5-2-6-10-12/h1-10H,(H,18,19). The van der Waals surface area contributed by atoms with Crippen LogP contribution in [0.25, 0.3) is 0 Å². The minimum atomic E-state index is -4.02. The number of amides is 1. The Morgan fingerprint density at radius 2 is 1.36 bits per heavy atom. The van der Waals surface area contributed by atoms with Crippen molar-refractivity contribution < 1.29 is 13.2 Å². The maximum atomic E-state index is 12.5. The summed E-state index contributed by atoms with van der Waals surface area (Å²) in [6.07, 6.45) is 0. The highest BCUT2D eigenvalue weighted by molar-refractivity contribution is 7.95. The van der Waals surface area contributed by atoms with Crippen LogP contribution in [-0.4, -0.2) is 14.3 Å². The third-order valence-corrected chi connectivity index (χ3v) is 5.10. The third kappa shape index (κ3) is 3.68. The van der Waals surface area contributed by atoms with E-state index in [0.717, 1.165) is 0 Å². The average molecular weight is 356 g/mol. The van der Waals surface area contributed by atoms with Gasteiger partial charge in [0.2, 0.25) is 9.84 Å². The van der Waals surface area contributed by atoms with E-state index in [2.05, 4.69) is 5.32 Å². The van der Waals surface area contributed by atoms with Crippen molar-refractivity contribution in [3.8, 4) is 0 Å². The SMILES string of the molecule is O=C(NC(=C(Cl)Cl)S(=O)(=O)c1ccccc1)c1ccccc1. The van der Waals surface area contributed by atoms with E-state index in [-0.39, 0.29) is 10.5 Å². The van der Waals surface area contributed by atoms with Gasteiger partial charge in [0.25, 0.3) is 5.91 Å². The third-order valence-electron chi connectivity index (χ3n) is 2.76. The molecule has 2 rings (SSSR count). The Labute approximate surface area is 138 Å². The molecule has 2 aromatic carbocycles. The number of rotatable bonds is 4. The van der Waals surface area contributed by atoms with Crippen molar-refractivity contribution in [1.82, 2.24) is 5.32 Å². The second-order valence-electron chi connectivity index (χ2n) is 4.23. The molecular formula is C15H11Cl2NO3S. The van der Waals surface area contributed by atoms with Crippen LogP contribution in [0.5, 0.6) is 0 Å². The Balaban J connectivity index is 2.37. The minimum absolute atomic E-state index is 0.0165. The Hall–Kier alpha value is -1.82. The molecular weight excluding hydrogens is 345 g/mol. The van der Waals surface area contributed by atoms with Crippen LogP contribution in [0.15, 0.2) is 75.1 Å².